The number of hydrogen-bond donors (Lipinski definition) is 1. The maximum absolute atomic E-state index is 4.36. The summed E-state index contributed by atoms with van der Waals surface area (Å²) in [6.07, 6.45) is 4.37. The number of H-pyrrole nitrogens is 1. The number of fused-ring (bicyclic) bond motifs is 1. The van der Waals surface area contributed by atoms with Crippen LogP contribution in [0, 0.1) is 0 Å². The van der Waals surface area contributed by atoms with Gasteiger partial charge in [0.05, 0.1) is 0 Å². The van der Waals surface area contributed by atoms with Crippen molar-refractivity contribution in [3.8, 4) is 0 Å². The number of nitrogens with zero attached hydrogens (tertiary/aromatic N) is 1. The van der Waals surface area contributed by atoms with Crippen LogP contribution in [0.5, 0.6) is 0 Å². The molecule has 2 heteroatoms. The number of aliphatic imine (C=N–C) groups is 1. The Labute approximate surface area is 89.0 Å². The number of rotatable bonds is 1. The molecule has 3 rings (SSSR count). The largest absolute Gasteiger partial charge is 0.358 e. The number of benzene rings is 1. The van der Waals surface area contributed by atoms with Crippen LogP contribution in [0.25, 0.3) is 10.9 Å². The summed E-state index contributed by atoms with van der Waals surface area (Å²) >= 11 is 0. The minimum absolute atomic E-state index is 0.586. The summed E-state index contributed by atoms with van der Waals surface area (Å²) < 4.78 is 0. The third kappa shape index (κ3) is 1.56. The number of aromatic nitrogens is 1. The van der Waals surface area contributed by atoms with Gasteiger partial charge >= 0.3 is 0 Å². The molecule has 0 spiro atoms. The molecule has 1 N–H and O–H groups in total. The summed E-state index contributed by atoms with van der Waals surface area (Å²) in [6, 6.07) is 10.7. The summed E-state index contributed by atoms with van der Waals surface area (Å²) in [5.41, 5.74) is 2.58. The molecule has 1 unspecified atom stereocenters. The van der Waals surface area contributed by atoms with Gasteiger partial charge in [0.15, 0.2) is 0 Å². The number of nitrogens with one attached hydrogen (secondary N) is 1. The predicted octanol–water partition coefficient (Wildman–Crippen LogP) is 3.12. The third-order valence-electron chi connectivity index (χ3n) is 3.09. The Balaban J connectivity index is 2.00. The quantitative estimate of drug-likeness (QED) is 0.729. The molecule has 1 aliphatic heterocycles. The van der Waals surface area contributed by atoms with Gasteiger partial charge in [-0.15, -0.1) is 0 Å². The van der Waals surface area contributed by atoms with Crippen LogP contribution >= 0.6 is 0 Å². The number of para-hydroxylation sites is 1. The fourth-order valence-corrected chi connectivity index (χ4v) is 2.23. The average Bonchev–Trinajstić information content (AvgIpc) is 2.74. The van der Waals surface area contributed by atoms with Gasteiger partial charge in [-0.3, -0.25) is 4.99 Å². The lowest BCUT2D eigenvalue weighted by molar-refractivity contribution is 0.621. The van der Waals surface area contributed by atoms with Crippen molar-refractivity contribution in [1.82, 2.24) is 4.98 Å². The molecule has 2 nitrogen and oxygen atoms in total. The second-order valence-corrected chi connectivity index (χ2v) is 4.13. The van der Waals surface area contributed by atoms with Gasteiger partial charge in [-0.25, -0.2) is 0 Å². The van der Waals surface area contributed by atoms with Crippen LogP contribution in [0.1, 0.15) is 24.5 Å². The third-order valence-corrected chi connectivity index (χ3v) is 3.09. The van der Waals surface area contributed by atoms with Gasteiger partial charge in [-0.2, -0.15) is 0 Å². The van der Waals surface area contributed by atoms with Crippen LogP contribution in [-0.4, -0.2) is 17.7 Å². The van der Waals surface area contributed by atoms with Gasteiger partial charge in [0.2, 0.25) is 0 Å². The Morgan fingerprint density at radius 2 is 2.20 bits per heavy atom. The van der Waals surface area contributed by atoms with Crippen molar-refractivity contribution in [3.63, 3.8) is 0 Å². The molecule has 1 atom stereocenters. The minimum Gasteiger partial charge on any atom is -0.358 e. The van der Waals surface area contributed by atoms with E-state index >= 15 is 0 Å². The molecule has 1 aromatic heterocycles. The molecule has 2 heterocycles. The summed E-state index contributed by atoms with van der Waals surface area (Å²) in [4.78, 5) is 7.85. The van der Waals surface area contributed by atoms with Crippen LogP contribution in [0.3, 0.4) is 0 Å². The van der Waals surface area contributed by atoms with E-state index in [0.717, 1.165) is 13.0 Å². The smallest absolute Gasteiger partial charge is 0.0468 e. The van der Waals surface area contributed by atoms with Gasteiger partial charge < -0.3 is 4.98 Å². The summed E-state index contributed by atoms with van der Waals surface area (Å²) in [6.45, 7) is 0.937. The summed E-state index contributed by atoms with van der Waals surface area (Å²) in [7, 11) is 0. The Kier molecular flexibility index (Phi) is 2.05. The average molecular weight is 198 g/mol. The van der Waals surface area contributed by atoms with Crippen molar-refractivity contribution < 1.29 is 0 Å². The molecule has 0 radical (unpaired) electrons. The molecule has 0 saturated carbocycles. The highest BCUT2D eigenvalue weighted by atomic mass is 14.8. The fourth-order valence-electron chi connectivity index (χ4n) is 2.23. The first-order valence-electron chi connectivity index (χ1n) is 5.49. The maximum atomic E-state index is 4.36. The molecular weight excluding hydrogens is 184 g/mol. The van der Waals surface area contributed by atoms with Crippen molar-refractivity contribution in [1.29, 1.82) is 0 Å². The monoisotopic (exact) mass is 198 g/mol. The molecule has 0 fully saturated rings. The second kappa shape index (κ2) is 3.54. The van der Waals surface area contributed by atoms with Gasteiger partial charge in [0.1, 0.15) is 0 Å². The van der Waals surface area contributed by atoms with Crippen molar-refractivity contribution in [3.05, 3.63) is 36.0 Å². The first-order chi connectivity index (χ1) is 7.43. The first-order valence-corrected chi connectivity index (χ1v) is 5.49. The molecule has 0 saturated heterocycles. The van der Waals surface area contributed by atoms with Crippen LogP contribution in [-0.2, 0) is 0 Å². The van der Waals surface area contributed by atoms with E-state index in [9.17, 15) is 0 Å². The van der Waals surface area contributed by atoms with Crippen molar-refractivity contribution >= 4 is 17.1 Å². The SMILES string of the molecule is C1=NCC(c2cc3ccccc3[nH]2)CC1. The molecule has 1 aliphatic rings. The van der Waals surface area contributed by atoms with E-state index in [4.69, 9.17) is 0 Å². The molecule has 76 valence electrons. The molecule has 0 aliphatic carbocycles. The molecule has 0 amide bonds. The Hall–Kier alpha value is -1.57. The Bertz CT molecular complexity index is 463. The number of aromatic amines is 1. The van der Waals surface area contributed by atoms with Crippen LogP contribution in [0.2, 0.25) is 0 Å². The van der Waals surface area contributed by atoms with Crippen molar-refractivity contribution in [2.75, 3.05) is 6.54 Å². The fraction of sp³-hybridized carbons (Fsp3) is 0.308. The lowest BCUT2D eigenvalue weighted by atomic mass is 9.98. The molecular formula is C13H14N2. The van der Waals surface area contributed by atoms with E-state index in [0.29, 0.717) is 5.92 Å². The lowest BCUT2D eigenvalue weighted by Crippen LogP contribution is -2.08. The van der Waals surface area contributed by atoms with E-state index in [-0.39, 0.29) is 0 Å². The maximum Gasteiger partial charge on any atom is 0.0468 e. The van der Waals surface area contributed by atoms with E-state index < -0.39 is 0 Å². The highest BCUT2D eigenvalue weighted by Crippen LogP contribution is 2.26. The topological polar surface area (TPSA) is 28.1 Å². The van der Waals surface area contributed by atoms with E-state index in [1.807, 2.05) is 6.21 Å². The minimum atomic E-state index is 0.586. The van der Waals surface area contributed by atoms with Crippen LogP contribution in [0.15, 0.2) is 35.3 Å². The zero-order valence-electron chi connectivity index (χ0n) is 8.61. The van der Waals surface area contributed by atoms with Crippen molar-refractivity contribution in [2.24, 2.45) is 4.99 Å². The van der Waals surface area contributed by atoms with Gasteiger partial charge in [-0.1, -0.05) is 18.2 Å². The van der Waals surface area contributed by atoms with E-state index in [2.05, 4.69) is 40.3 Å². The predicted molar refractivity (Wildman–Crippen MR) is 63.6 cm³/mol. The van der Waals surface area contributed by atoms with Gasteiger partial charge in [0, 0.05) is 23.7 Å². The number of hydrogen-bond acceptors (Lipinski definition) is 1. The summed E-state index contributed by atoms with van der Waals surface area (Å²) in [5, 5.41) is 1.31. The Morgan fingerprint density at radius 1 is 1.27 bits per heavy atom. The van der Waals surface area contributed by atoms with Gasteiger partial charge in [-0.05, 0) is 36.6 Å². The van der Waals surface area contributed by atoms with Gasteiger partial charge in [0.25, 0.3) is 0 Å². The van der Waals surface area contributed by atoms with E-state index in [1.165, 1.54) is 23.0 Å². The zero-order chi connectivity index (χ0) is 10.1. The summed E-state index contributed by atoms with van der Waals surface area (Å²) in [5.74, 6) is 0.586. The molecule has 1 aromatic carbocycles. The normalized spacial score (nSPS) is 20.9. The molecule has 15 heavy (non-hydrogen) atoms. The van der Waals surface area contributed by atoms with Crippen molar-refractivity contribution in [2.45, 2.75) is 18.8 Å². The first kappa shape index (κ1) is 8.72. The van der Waals surface area contributed by atoms with E-state index in [1.54, 1.807) is 0 Å². The standard InChI is InChI=1S/C13H14N2/c1-2-6-12-10(4-1)8-13(15-12)11-5-3-7-14-9-11/h1-2,4,6-8,11,15H,3,5,9H2. The highest BCUT2D eigenvalue weighted by Gasteiger charge is 2.14. The Morgan fingerprint density at radius 3 is 3.00 bits per heavy atom. The van der Waals surface area contributed by atoms with Crippen LogP contribution < -0.4 is 0 Å². The second-order valence-electron chi connectivity index (χ2n) is 4.13. The zero-order valence-corrected chi connectivity index (χ0v) is 8.61. The lowest BCUT2D eigenvalue weighted by Gasteiger charge is -2.15. The molecule has 0 bridgehead atoms. The van der Waals surface area contributed by atoms with Crippen LogP contribution in [0.4, 0.5) is 0 Å². The molecule has 2 aromatic rings. The highest BCUT2D eigenvalue weighted by molar-refractivity contribution is 5.80.